The molecule has 0 saturated carbocycles. The number of benzene rings is 1. The fraction of sp³-hybridized carbons (Fsp3) is 0.182. The maximum atomic E-state index is 13.0. The SMILES string of the molecule is CCN=C/C=C\Nc1ccccc1F. The zero-order chi connectivity index (χ0) is 10.2. The quantitative estimate of drug-likeness (QED) is 0.729. The summed E-state index contributed by atoms with van der Waals surface area (Å²) < 4.78 is 13.0. The number of rotatable bonds is 4. The van der Waals surface area contributed by atoms with E-state index in [-0.39, 0.29) is 5.82 Å². The Morgan fingerprint density at radius 2 is 2.21 bits per heavy atom. The molecule has 0 amide bonds. The van der Waals surface area contributed by atoms with Crippen LogP contribution < -0.4 is 5.32 Å². The van der Waals surface area contributed by atoms with Gasteiger partial charge in [0.05, 0.1) is 5.69 Å². The largest absolute Gasteiger partial charge is 0.359 e. The average molecular weight is 192 g/mol. The minimum absolute atomic E-state index is 0.260. The van der Waals surface area contributed by atoms with Crippen molar-refractivity contribution in [2.45, 2.75) is 6.92 Å². The number of nitrogens with zero attached hydrogens (tertiary/aromatic N) is 1. The van der Waals surface area contributed by atoms with Crippen LogP contribution in [0.1, 0.15) is 6.92 Å². The van der Waals surface area contributed by atoms with E-state index in [1.165, 1.54) is 6.07 Å². The molecule has 3 heteroatoms. The first kappa shape index (κ1) is 10.4. The highest BCUT2D eigenvalue weighted by molar-refractivity contribution is 5.71. The van der Waals surface area contributed by atoms with Crippen molar-refractivity contribution < 1.29 is 4.39 Å². The van der Waals surface area contributed by atoms with E-state index in [4.69, 9.17) is 0 Å². The van der Waals surface area contributed by atoms with E-state index in [1.54, 1.807) is 36.7 Å². The Morgan fingerprint density at radius 1 is 1.43 bits per heavy atom. The summed E-state index contributed by atoms with van der Waals surface area (Å²) in [6.07, 6.45) is 5.06. The summed E-state index contributed by atoms with van der Waals surface area (Å²) in [7, 11) is 0. The molecule has 0 heterocycles. The standard InChI is InChI=1S/C11H13FN2/c1-2-13-8-5-9-14-11-7-4-3-6-10(11)12/h3-9,14H,2H2,1H3/b9-5-,13-8?. The zero-order valence-corrected chi connectivity index (χ0v) is 8.07. The summed E-state index contributed by atoms with van der Waals surface area (Å²) >= 11 is 0. The van der Waals surface area contributed by atoms with Crippen LogP contribution in [0.5, 0.6) is 0 Å². The second-order valence-electron chi connectivity index (χ2n) is 2.63. The smallest absolute Gasteiger partial charge is 0.146 e. The van der Waals surface area contributed by atoms with E-state index < -0.39 is 0 Å². The Kier molecular flexibility index (Phi) is 4.41. The predicted octanol–water partition coefficient (Wildman–Crippen LogP) is 2.84. The fourth-order valence-corrected chi connectivity index (χ4v) is 0.925. The van der Waals surface area contributed by atoms with Gasteiger partial charge in [-0.1, -0.05) is 12.1 Å². The monoisotopic (exact) mass is 192 g/mol. The summed E-state index contributed by atoms with van der Waals surface area (Å²) in [5.74, 6) is -0.260. The molecular weight excluding hydrogens is 179 g/mol. The van der Waals surface area contributed by atoms with Crippen molar-refractivity contribution in [3.8, 4) is 0 Å². The summed E-state index contributed by atoms with van der Waals surface area (Å²) in [5, 5.41) is 2.83. The molecule has 14 heavy (non-hydrogen) atoms. The first-order valence-corrected chi connectivity index (χ1v) is 4.50. The Bertz CT molecular complexity index is 332. The van der Waals surface area contributed by atoms with E-state index in [0.717, 1.165) is 6.54 Å². The molecule has 1 N–H and O–H groups in total. The highest BCUT2D eigenvalue weighted by Crippen LogP contribution is 2.11. The van der Waals surface area contributed by atoms with Gasteiger partial charge in [0, 0.05) is 19.0 Å². The van der Waals surface area contributed by atoms with Gasteiger partial charge in [0.15, 0.2) is 0 Å². The number of para-hydroxylation sites is 1. The van der Waals surface area contributed by atoms with Gasteiger partial charge in [-0.05, 0) is 25.1 Å². The van der Waals surface area contributed by atoms with Crippen LogP contribution in [-0.2, 0) is 0 Å². The maximum absolute atomic E-state index is 13.0. The molecule has 1 aromatic carbocycles. The van der Waals surface area contributed by atoms with Crippen LogP contribution in [0.25, 0.3) is 0 Å². The van der Waals surface area contributed by atoms with Crippen molar-refractivity contribution in [2.75, 3.05) is 11.9 Å². The van der Waals surface area contributed by atoms with Crippen LogP contribution in [0.3, 0.4) is 0 Å². The average Bonchev–Trinajstić information content (AvgIpc) is 2.20. The molecule has 0 radical (unpaired) electrons. The van der Waals surface area contributed by atoms with Gasteiger partial charge < -0.3 is 5.32 Å². The van der Waals surface area contributed by atoms with E-state index in [9.17, 15) is 4.39 Å². The summed E-state index contributed by atoms with van der Waals surface area (Å²) in [6, 6.07) is 6.52. The minimum atomic E-state index is -0.260. The van der Waals surface area contributed by atoms with E-state index >= 15 is 0 Å². The highest BCUT2D eigenvalue weighted by Gasteiger charge is 1.94. The lowest BCUT2D eigenvalue weighted by Gasteiger charge is -2.00. The molecule has 0 unspecified atom stereocenters. The van der Waals surface area contributed by atoms with Gasteiger partial charge >= 0.3 is 0 Å². The Labute approximate surface area is 83.2 Å². The third-order valence-electron chi connectivity index (χ3n) is 1.58. The molecule has 0 aliphatic heterocycles. The van der Waals surface area contributed by atoms with Crippen molar-refractivity contribution in [3.05, 3.63) is 42.4 Å². The molecule has 0 bridgehead atoms. The van der Waals surface area contributed by atoms with Gasteiger partial charge in [-0.3, -0.25) is 4.99 Å². The lowest BCUT2D eigenvalue weighted by molar-refractivity contribution is 0.632. The Balaban J connectivity index is 2.49. The molecule has 0 aliphatic carbocycles. The van der Waals surface area contributed by atoms with Gasteiger partial charge in [-0.2, -0.15) is 0 Å². The van der Waals surface area contributed by atoms with Crippen LogP contribution in [0.4, 0.5) is 10.1 Å². The molecule has 0 atom stereocenters. The lowest BCUT2D eigenvalue weighted by Crippen LogP contribution is -1.90. The molecule has 1 aromatic rings. The molecular formula is C11H13FN2. The molecule has 74 valence electrons. The van der Waals surface area contributed by atoms with Crippen LogP contribution in [0, 0.1) is 5.82 Å². The third-order valence-corrected chi connectivity index (χ3v) is 1.58. The molecule has 2 nitrogen and oxygen atoms in total. The number of aliphatic imine (C=N–C) groups is 1. The van der Waals surface area contributed by atoms with E-state index in [1.807, 2.05) is 6.92 Å². The second-order valence-corrected chi connectivity index (χ2v) is 2.63. The van der Waals surface area contributed by atoms with Gasteiger partial charge in [0.1, 0.15) is 5.82 Å². The first-order valence-electron chi connectivity index (χ1n) is 4.50. The van der Waals surface area contributed by atoms with Crippen molar-refractivity contribution in [3.63, 3.8) is 0 Å². The van der Waals surface area contributed by atoms with E-state index in [2.05, 4.69) is 10.3 Å². The van der Waals surface area contributed by atoms with Crippen LogP contribution >= 0.6 is 0 Å². The van der Waals surface area contributed by atoms with E-state index in [0.29, 0.717) is 5.69 Å². The molecule has 0 aliphatic rings. The summed E-state index contributed by atoms with van der Waals surface area (Å²) in [5.41, 5.74) is 0.466. The third kappa shape index (κ3) is 3.39. The molecule has 1 rings (SSSR count). The normalized spacial score (nSPS) is 11.3. The van der Waals surface area contributed by atoms with Crippen molar-refractivity contribution in [1.82, 2.24) is 0 Å². The second kappa shape index (κ2) is 5.91. The van der Waals surface area contributed by atoms with Crippen molar-refractivity contribution in [2.24, 2.45) is 4.99 Å². The Morgan fingerprint density at radius 3 is 2.93 bits per heavy atom. The first-order chi connectivity index (χ1) is 6.84. The van der Waals surface area contributed by atoms with Gasteiger partial charge in [-0.25, -0.2) is 4.39 Å². The minimum Gasteiger partial charge on any atom is -0.359 e. The lowest BCUT2D eigenvalue weighted by atomic mass is 10.3. The van der Waals surface area contributed by atoms with Crippen molar-refractivity contribution >= 4 is 11.9 Å². The number of nitrogens with one attached hydrogen (secondary N) is 1. The Hall–Kier alpha value is -1.64. The maximum Gasteiger partial charge on any atom is 0.146 e. The molecule has 0 spiro atoms. The molecule has 0 aromatic heterocycles. The number of halogens is 1. The van der Waals surface area contributed by atoms with Crippen LogP contribution in [0.2, 0.25) is 0 Å². The number of hydrogen-bond acceptors (Lipinski definition) is 2. The zero-order valence-electron chi connectivity index (χ0n) is 8.07. The van der Waals surface area contributed by atoms with Gasteiger partial charge in [0.2, 0.25) is 0 Å². The van der Waals surface area contributed by atoms with Crippen molar-refractivity contribution in [1.29, 1.82) is 0 Å². The fourth-order valence-electron chi connectivity index (χ4n) is 0.925. The van der Waals surface area contributed by atoms with Crippen LogP contribution in [0.15, 0.2) is 41.5 Å². The van der Waals surface area contributed by atoms with Gasteiger partial charge in [-0.15, -0.1) is 0 Å². The molecule has 0 saturated heterocycles. The highest BCUT2D eigenvalue weighted by atomic mass is 19.1. The molecule has 0 fully saturated rings. The van der Waals surface area contributed by atoms with Crippen LogP contribution in [-0.4, -0.2) is 12.8 Å². The number of allylic oxidation sites excluding steroid dienone is 1. The summed E-state index contributed by atoms with van der Waals surface area (Å²) in [6.45, 7) is 2.71. The predicted molar refractivity (Wildman–Crippen MR) is 58.2 cm³/mol. The number of anilines is 1. The number of hydrogen-bond donors (Lipinski definition) is 1. The summed E-state index contributed by atoms with van der Waals surface area (Å²) in [4.78, 5) is 3.98. The topological polar surface area (TPSA) is 24.4 Å². The van der Waals surface area contributed by atoms with Gasteiger partial charge in [0.25, 0.3) is 0 Å².